The van der Waals surface area contributed by atoms with Crippen molar-refractivity contribution < 1.29 is 9.53 Å². The molecule has 2 atom stereocenters. The molecule has 0 bridgehead atoms. The first kappa shape index (κ1) is 10.3. The van der Waals surface area contributed by atoms with Gasteiger partial charge in [-0.1, -0.05) is 13.5 Å². The summed E-state index contributed by atoms with van der Waals surface area (Å²) in [7, 11) is 0. The van der Waals surface area contributed by atoms with E-state index in [1.165, 1.54) is 6.08 Å². The van der Waals surface area contributed by atoms with Gasteiger partial charge in [0.25, 0.3) is 0 Å². The number of nitrogens with one attached hydrogen (secondary N) is 1. The van der Waals surface area contributed by atoms with Gasteiger partial charge in [0, 0.05) is 19.8 Å². The average molecular weight is 183 g/mol. The molecule has 1 heterocycles. The highest BCUT2D eigenvalue weighted by molar-refractivity contribution is 5.86. The summed E-state index contributed by atoms with van der Waals surface area (Å²) in [5.74, 6) is 1.01. The first-order chi connectivity index (χ1) is 6.24. The molecule has 3 nitrogen and oxygen atoms in total. The first-order valence-electron chi connectivity index (χ1n) is 4.72. The molecule has 13 heavy (non-hydrogen) atoms. The number of hydrogen-bond acceptors (Lipinski definition) is 2. The van der Waals surface area contributed by atoms with E-state index in [9.17, 15) is 4.79 Å². The standard InChI is InChI=1S/C10H17NO2/c1-3-10(12)11-6-9-4-5-13-7-8(9)2/h3,8-9H,1,4-7H2,2H3,(H,11,12). The van der Waals surface area contributed by atoms with Gasteiger partial charge in [0.2, 0.25) is 5.91 Å². The van der Waals surface area contributed by atoms with Crippen LogP contribution < -0.4 is 5.32 Å². The highest BCUT2D eigenvalue weighted by Crippen LogP contribution is 2.20. The third-order valence-corrected chi connectivity index (χ3v) is 2.54. The zero-order valence-electron chi connectivity index (χ0n) is 8.08. The largest absolute Gasteiger partial charge is 0.381 e. The average Bonchev–Trinajstić information content (AvgIpc) is 2.16. The van der Waals surface area contributed by atoms with Gasteiger partial charge in [0.05, 0.1) is 0 Å². The van der Waals surface area contributed by atoms with Crippen LogP contribution >= 0.6 is 0 Å². The zero-order chi connectivity index (χ0) is 9.68. The quantitative estimate of drug-likeness (QED) is 0.662. The Morgan fingerprint density at radius 3 is 3.15 bits per heavy atom. The predicted molar refractivity (Wildman–Crippen MR) is 51.3 cm³/mol. The highest BCUT2D eigenvalue weighted by atomic mass is 16.5. The fourth-order valence-electron chi connectivity index (χ4n) is 1.53. The summed E-state index contributed by atoms with van der Waals surface area (Å²) >= 11 is 0. The Hall–Kier alpha value is -0.830. The van der Waals surface area contributed by atoms with E-state index in [1.807, 2.05) is 0 Å². The van der Waals surface area contributed by atoms with E-state index in [-0.39, 0.29) is 5.91 Å². The molecule has 0 aromatic carbocycles. The molecule has 1 amide bonds. The molecule has 1 aliphatic rings. The molecule has 0 aromatic heterocycles. The maximum Gasteiger partial charge on any atom is 0.243 e. The van der Waals surface area contributed by atoms with Gasteiger partial charge in [0.1, 0.15) is 0 Å². The van der Waals surface area contributed by atoms with Gasteiger partial charge in [-0.2, -0.15) is 0 Å². The van der Waals surface area contributed by atoms with E-state index < -0.39 is 0 Å². The number of amides is 1. The first-order valence-corrected chi connectivity index (χ1v) is 4.72. The van der Waals surface area contributed by atoms with Crippen LogP contribution in [0.1, 0.15) is 13.3 Å². The Morgan fingerprint density at radius 2 is 2.54 bits per heavy atom. The Kier molecular flexibility index (Phi) is 3.96. The van der Waals surface area contributed by atoms with E-state index in [2.05, 4.69) is 18.8 Å². The maximum atomic E-state index is 10.9. The molecule has 0 saturated carbocycles. The van der Waals surface area contributed by atoms with E-state index >= 15 is 0 Å². The van der Waals surface area contributed by atoms with Crippen molar-refractivity contribution in [1.82, 2.24) is 5.32 Å². The highest BCUT2D eigenvalue weighted by Gasteiger charge is 2.21. The monoisotopic (exact) mass is 183 g/mol. The summed E-state index contributed by atoms with van der Waals surface area (Å²) in [6.45, 7) is 7.94. The Morgan fingerprint density at radius 1 is 1.77 bits per heavy atom. The lowest BCUT2D eigenvalue weighted by atomic mass is 9.90. The van der Waals surface area contributed by atoms with Crippen molar-refractivity contribution in [2.75, 3.05) is 19.8 Å². The molecule has 3 heteroatoms. The van der Waals surface area contributed by atoms with Crippen LogP contribution in [-0.4, -0.2) is 25.7 Å². The minimum Gasteiger partial charge on any atom is -0.381 e. The van der Waals surface area contributed by atoms with Crippen molar-refractivity contribution in [3.8, 4) is 0 Å². The SMILES string of the molecule is C=CC(=O)NCC1CCOCC1C. The lowest BCUT2D eigenvalue weighted by Gasteiger charge is -2.28. The molecule has 1 aliphatic heterocycles. The molecule has 74 valence electrons. The second-order valence-electron chi connectivity index (χ2n) is 3.55. The van der Waals surface area contributed by atoms with Crippen molar-refractivity contribution in [3.05, 3.63) is 12.7 Å². The van der Waals surface area contributed by atoms with Crippen molar-refractivity contribution in [2.24, 2.45) is 11.8 Å². The fraction of sp³-hybridized carbons (Fsp3) is 0.700. The summed E-state index contributed by atoms with van der Waals surface area (Å²) in [6, 6.07) is 0. The second kappa shape index (κ2) is 5.02. The van der Waals surface area contributed by atoms with Crippen LogP contribution in [0, 0.1) is 11.8 Å². The molecule has 0 spiro atoms. The number of carbonyl (C=O) groups is 1. The van der Waals surface area contributed by atoms with Crippen LogP contribution in [-0.2, 0) is 9.53 Å². The van der Waals surface area contributed by atoms with Crippen LogP contribution in [0.4, 0.5) is 0 Å². The third kappa shape index (κ3) is 3.19. The molecule has 0 radical (unpaired) electrons. The van der Waals surface area contributed by atoms with Gasteiger partial charge in [0.15, 0.2) is 0 Å². The summed E-state index contributed by atoms with van der Waals surface area (Å²) < 4.78 is 5.31. The van der Waals surface area contributed by atoms with E-state index in [0.29, 0.717) is 11.8 Å². The van der Waals surface area contributed by atoms with Crippen molar-refractivity contribution in [1.29, 1.82) is 0 Å². The Balaban J connectivity index is 2.26. The van der Waals surface area contributed by atoms with Crippen LogP contribution in [0.15, 0.2) is 12.7 Å². The van der Waals surface area contributed by atoms with E-state index in [4.69, 9.17) is 4.74 Å². The third-order valence-electron chi connectivity index (χ3n) is 2.54. The lowest BCUT2D eigenvalue weighted by Crippen LogP contribution is -2.35. The predicted octanol–water partition coefficient (Wildman–Crippen LogP) is 0.961. The minimum atomic E-state index is -0.0845. The smallest absolute Gasteiger partial charge is 0.243 e. The molecule has 1 N–H and O–H groups in total. The van der Waals surface area contributed by atoms with Crippen molar-refractivity contribution >= 4 is 5.91 Å². The summed E-state index contributed by atoms with van der Waals surface area (Å²) in [5, 5.41) is 2.82. The van der Waals surface area contributed by atoms with Gasteiger partial charge in [-0.3, -0.25) is 4.79 Å². The lowest BCUT2D eigenvalue weighted by molar-refractivity contribution is -0.117. The molecular weight excluding hydrogens is 166 g/mol. The zero-order valence-corrected chi connectivity index (χ0v) is 8.08. The summed E-state index contributed by atoms with van der Waals surface area (Å²) in [4.78, 5) is 10.9. The number of rotatable bonds is 3. The molecule has 1 fully saturated rings. The van der Waals surface area contributed by atoms with E-state index in [1.54, 1.807) is 0 Å². The second-order valence-corrected chi connectivity index (χ2v) is 3.55. The Bertz CT molecular complexity index is 191. The van der Waals surface area contributed by atoms with Gasteiger partial charge in [-0.25, -0.2) is 0 Å². The van der Waals surface area contributed by atoms with Gasteiger partial charge < -0.3 is 10.1 Å². The number of carbonyl (C=O) groups excluding carboxylic acids is 1. The van der Waals surface area contributed by atoms with Gasteiger partial charge >= 0.3 is 0 Å². The van der Waals surface area contributed by atoms with Crippen LogP contribution in [0.2, 0.25) is 0 Å². The van der Waals surface area contributed by atoms with Crippen LogP contribution in [0.5, 0.6) is 0 Å². The van der Waals surface area contributed by atoms with E-state index in [0.717, 1.165) is 26.2 Å². The van der Waals surface area contributed by atoms with Gasteiger partial charge in [-0.15, -0.1) is 0 Å². The van der Waals surface area contributed by atoms with Crippen molar-refractivity contribution in [3.63, 3.8) is 0 Å². The topological polar surface area (TPSA) is 38.3 Å². The van der Waals surface area contributed by atoms with Crippen molar-refractivity contribution in [2.45, 2.75) is 13.3 Å². The molecular formula is C10H17NO2. The fourth-order valence-corrected chi connectivity index (χ4v) is 1.53. The normalized spacial score (nSPS) is 28.1. The minimum absolute atomic E-state index is 0.0845. The summed E-state index contributed by atoms with van der Waals surface area (Å²) in [6.07, 6.45) is 2.35. The molecule has 0 aromatic rings. The summed E-state index contributed by atoms with van der Waals surface area (Å²) in [5.41, 5.74) is 0. The molecule has 1 rings (SSSR count). The Labute approximate surface area is 79.2 Å². The number of ether oxygens (including phenoxy) is 1. The van der Waals surface area contributed by atoms with Crippen LogP contribution in [0.3, 0.4) is 0 Å². The number of hydrogen-bond donors (Lipinski definition) is 1. The van der Waals surface area contributed by atoms with Crippen LogP contribution in [0.25, 0.3) is 0 Å². The van der Waals surface area contributed by atoms with Gasteiger partial charge in [-0.05, 0) is 24.3 Å². The molecule has 1 saturated heterocycles. The molecule has 2 unspecified atom stereocenters. The maximum absolute atomic E-state index is 10.9. The molecule has 0 aliphatic carbocycles.